The zero-order valence-electron chi connectivity index (χ0n) is 20.9. The number of halogens is 2. The molecule has 2 aromatic rings. The molecule has 2 atom stereocenters. The Morgan fingerprint density at radius 1 is 0.892 bits per heavy atom. The van der Waals surface area contributed by atoms with Gasteiger partial charge in [-0.25, -0.2) is 0 Å². The van der Waals surface area contributed by atoms with Crippen molar-refractivity contribution in [1.29, 1.82) is 0 Å². The van der Waals surface area contributed by atoms with Gasteiger partial charge in [0.2, 0.25) is 0 Å². The first-order chi connectivity index (χ1) is 17.8. The average molecular weight is 556 g/mol. The third-order valence-corrected chi connectivity index (χ3v) is 7.96. The number of benzene rings is 2. The van der Waals surface area contributed by atoms with Crippen LogP contribution in [0.5, 0.6) is 0 Å². The van der Waals surface area contributed by atoms with E-state index >= 15 is 0 Å². The minimum Gasteiger partial charge on any atom is -0.394 e. The quantitative estimate of drug-likeness (QED) is 0.289. The van der Waals surface area contributed by atoms with Crippen molar-refractivity contribution < 1.29 is 28.5 Å². The van der Waals surface area contributed by atoms with E-state index in [2.05, 4.69) is 9.80 Å². The number of hydrogen-bond donors (Lipinski definition) is 2. The Bertz CT molecular complexity index is 1010. The summed E-state index contributed by atoms with van der Waals surface area (Å²) < 4.78 is 38.9. The Hall–Kier alpha value is -1.36. The van der Waals surface area contributed by atoms with E-state index in [-0.39, 0.29) is 12.2 Å². The molecule has 11 heteroatoms. The molecular formula is C26H36F2N3O4PS. The second kappa shape index (κ2) is 13.6. The molecule has 0 aliphatic carbocycles. The molecule has 0 amide bonds. The molecule has 7 nitrogen and oxygen atoms in total. The molecule has 0 saturated carbocycles. The van der Waals surface area contributed by atoms with Crippen LogP contribution >= 0.6 is 21.0 Å². The molecule has 2 unspecified atom stereocenters. The lowest BCUT2D eigenvalue weighted by molar-refractivity contribution is 0.0191. The van der Waals surface area contributed by atoms with Gasteiger partial charge >= 0.3 is 0 Å². The number of rotatable bonds is 13. The second-order valence-electron chi connectivity index (χ2n) is 9.23. The van der Waals surface area contributed by atoms with Crippen LogP contribution in [0.15, 0.2) is 52.3 Å². The highest BCUT2D eigenvalue weighted by Crippen LogP contribution is 2.50. The third kappa shape index (κ3) is 8.07. The third-order valence-electron chi connectivity index (χ3n) is 6.50. The van der Waals surface area contributed by atoms with Crippen molar-refractivity contribution in [3.63, 3.8) is 0 Å². The Morgan fingerprint density at radius 2 is 1.57 bits per heavy atom. The standard InChI is InChI=1S/C26H36F2N3O4PS/c27-26(28,36)20-5-6-25-23(17-20)31(22-3-1-2-4-24(22)37-25)19-21(33)18-30-9-7-29(8-10-30)11-13-34-15-16-35-14-12-32/h1-6,17,21,32-33H,7-16,18-19,36H2. The van der Waals surface area contributed by atoms with Gasteiger partial charge in [-0.2, -0.15) is 8.78 Å². The first kappa shape index (κ1) is 28.6. The van der Waals surface area contributed by atoms with Gasteiger partial charge < -0.3 is 24.6 Å². The number of nitrogens with zero attached hydrogens (tertiary/aromatic N) is 3. The maximum absolute atomic E-state index is 14.1. The lowest BCUT2D eigenvalue weighted by Gasteiger charge is -2.38. The predicted octanol–water partition coefficient (Wildman–Crippen LogP) is 3.22. The maximum atomic E-state index is 14.1. The van der Waals surface area contributed by atoms with Gasteiger partial charge in [-0.15, -0.1) is 0 Å². The number of fused-ring (bicyclic) bond motifs is 2. The summed E-state index contributed by atoms with van der Waals surface area (Å²) in [6.45, 7) is 7.18. The lowest BCUT2D eigenvalue weighted by atomic mass is 10.1. The summed E-state index contributed by atoms with van der Waals surface area (Å²) >= 11 is 1.56. The lowest BCUT2D eigenvalue weighted by Crippen LogP contribution is -2.50. The fraction of sp³-hybridized carbons (Fsp3) is 0.538. The van der Waals surface area contributed by atoms with Crippen LogP contribution in [0.25, 0.3) is 0 Å². The van der Waals surface area contributed by atoms with E-state index in [1.165, 1.54) is 12.1 Å². The van der Waals surface area contributed by atoms with Gasteiger partial charge in [0.15, 0.2) is 0 Å². The minimum absolute atomic E-state index is 0.0224. The Kier molecular flexibility index (Phi) is 10.5. The highest BCUT2D eigenvalue weighted by atomic mass is 32.2. The van der Waals surface area contributed by atoms with E-state index in [9.17, 15) is 13.9 Å². The number of piperazine rings is 1. The van der Waals surface area contributed by atoms with Crippen molar-refractivity contribution in [2.24, 2.45) is 0 Å². The molecule has 2 heterocycles. The zero-order chi connectivity index (χ0) is 26.3. The second-order valence-corrected chi connectivity index (χ2v) is 11.0. The fourth-order valence-corrected chi connectivity index (χ4v) is 5.83. The number of alkyl halides is 2. The maximum Gasteiger partial charge on any atom is 0.283 e. The van der Waals surface area contributed by atoms with Gasteiger partial charge in [0, 0.05) is 54.6 Å². The van der Waals surface area contributed by atoms with Gasteiger partial charge in [0.1, 0.15) is 0 Å². The molecule has 0 spiro atoms. The van der Waals surface area contributed by atoms with Crippen molar-refractivity contribution in [1.82, 2.24) is 9.80 Å². The molecule has 4 rings (SSSR count). The van der Waals surface area contributed by atoms with E-state index < -0.39 is 11.8 Å². The van der Waals surface area contributed by atoms with Crippen molar-refractivity contribution in [3.05, 3.63) is 48.0 Å². The van der Waals surface area contributed by atoms with Gasteiger partial charge in [-0.3, -0.25) is 9.80 Å². The summed E-state index contributed by atoms with van der Waals surface area (Å²) in [5.74, 6) is 0. The van der Waals surface area contributed by atoms with Gasteiger partial charge in [0.25, 0.3) is 5.66 Å². The number of β-amino-alcohol motifs (C(OH)–C–C–N with tert-alkyl or cyclic N) is 1. The largest absolute Gasteiger partial charge is 0.394 e. The molecule has 1 saturated heterocycles. The van der Waals surface area contributed by atoms with Crippen molar-refractivity contribution >= 4 is 32.4 Å². The zero-order valence-corrected chi connectivity index (χ0v) is 22.9. The van der Waals surface area contributed by atoms with Gasteiger partial charge in [-0.05, 0) is 24.3 Å². The van der Waals surface area contributed by atoms with Crippen LogP contribution < -0.4 is 4.90 Å². The molecule has 37 heavy (non-hydrogen) atoms. The summed E-state index contributed by atoms with van der Waals surface area (Å²) in [6, 6.07) is 12.6. The first-order valence-electron chi connectivity index (χ1n) is 12.6. The topological polar surface area (TPSA) is 68.6 Å². The molecule has 2 N–H and O–H groups in total. The number of hydrogen-bond acceptors (Lipinski definition) is 8. The van der Waals surface area contributed by atoms with E-state index in [0.29, 0.717) is 45.2 Å². The number of aliphatic hydroxyl groups excluding tert-OH is 2. The molecule has 0 aromatic heterocycles. The van der Waals surface area contributed by atoms with Crippen molar-refractivity contribution in [3.8, 4) is 0 Å². The van der Waals surface area contributed by atoms with Crippen molar-refractivity contribution in [2.45, 2.75) is 21.6 Å². The Labute approximate surface area is 223 Å². The monoisotopic (exact) mass is 555 g/mol. The predicted molar refractivity (Wildman–Crippen MR) is 145 cm³/mol. The Balaban J connectivity index is 1.30. The van der Waals surface area contributed by atoms with Gasteiger partial charge in [0.05, 0.1) is 57.1 Å². The van der Waals surface area contributed by atoms with Crippen LogP contribution in [0, 0.1) is 0 Å². The number of para-hydroxylation sites is 1. The highest BCUT2D eigenvalue weighted by molar-refractivity contribution is 7.99. The molecule has 204 valence electrons. The number of ether oxygens (including phenoxy) is 2. The molecule has 2 aromatic carbocycles. The average Bonchev–Trinajstić information content (AvgIpc) is 2.88. The summed E-state index contributed by atoms with van der Waals surface area (Å²) in [7, 11) is 1.61. The summed E-state index contributed by atoms with van der Waals surface area (Å²) in [4.78, 5) is 8.52. The summed E-state index contributed by atoms with van der Waals surface area (Å²) in [5.41, 5.74) is -1.45. The van der Waals surface area contributed by atoms with Crippen LogP contribution in [0.3, 0.4) is 0 Å². The molecule has 0 bridgehead atoms. The molecule has 0 radical (unpaired) electrons. The van der Waals surface area contributed by atoms with Crippen LogP contribution in [0.1, 0.15) is 5.56 Å². The van der Waals surface area contributed by atoms with E-state index in [1.54, 1.807) is 27.1 Å². The first-order valence-corrected chi connectivity index (χ1v) is 14.0. The fourth-order valence-electron chi connectivity index (χ4n) is 4.58. The van der Waals surface area contributed by atoms with Gasteiger partial charge in [-0.1, -0.05) is 39.2 Å². The molecule has 2 aliphatic heterocycles. The number of anilines is 2. The van der Waals surface area contributed by atoms with E-state index in [4.69, 9.17) is 14.6 Å². The van der Waals surface area contributed by atoms with Crippen molar-refractivity contribution in [2.75, 3.05) is 83.7 Å². The highest BCUT2D eigenvalue weighted by Gasteiger charge is 2.30. The SMILES string of the molecule is OCCOCCOCCN1CCN(CC(O)CN2c3ccccc3Sc3ccc(C(F)(F)P)cc32)CC1. The molecule has 1 fully saturated rings. The van der Waals surface area contributed by atoms with Crippen LogP contribution in [-0.2, 0) is 15.1 Å². The van der Waals surface area contributed by atoms with Crippen LogP contribution in [-0.4, -0.2) is 105 Å². The minimum atomic E-state index is -3.01. The summed E-state index contributed by atoms with van der Waals surface area (Å²) in [5, 5.41) is 19.7. The molecular weight excluding hydrogens is 519 g/mol. The Morgan fingerprint density at radius 3 is 2.30 bits per heavy atom. The smallest absolute Gasteiger partial charge is 0.283 e. The van der Waals surface area contributed by atoms with E-state index in [1.807, 2.05) is 29.2 Å². The normalized spacial score (nSPS) is 17.5. The van der Waals surface area contributed by atoms with Crippen LogP contribution in [0.2, 0.25) is 0 Å². The van der Waals surface area contributed by atoms with E-state index in [0.717, 1.165) is 48.2 Å². The molecule has 2 aliphatic rings. The summed E-state index contributed by atoms with van der Waals surface area (Å²) in [6.07, 6.45) is -0.641. The van der Waals surface area contributed by atoms with Crippen LogP contribution in [0.4, 0.5) is 20.2 Å². The number of aliphatic hydroxyl groups is 2.